The average molecular weight is 230 g/mol. The first-order chi connectivity index (χ1) is 7.60. The van der Waals surface area contributed by atoms with Crippen molar-refractivity contribution in [3.8, 4) is 5.75 Å². The lowest BCUT2D eigenvalue weighted by atomic mass is 10.1. The molecule has 0 aromatic heterocycles. The van der Waals surface area contributed by atoms with Gasteiger partial charge in [0, 0.05) is 5.56 Å². The number of esters is 1. The van der Waals surface area contributed by atoms with Gasteiger partial charge in [-0.1, -0.05) is 6.07 Å². The largest absolute Gasteiger partial charge is 0.494 e. The van der Waals surface area contributed by atoms with Gasteiger partial charge < -0.3 is 9.47 Å². The number of carbonyl (C=O) groups excluding carboxylic acids is 1. The van der Waals surface area contributed by atoms with Crippen molar-refractivity contribution in [1.82, 2.24) is 0 Å². The van der Waals surface area contributed by atoms with Crippen LogP contribution in [0.25, 0.3) is 0 Å². The van der Waals surface area contributed by atoms with E-state index in [-0.39, 0.29) is 24.3 Å². The van der Waals surface area contributed by atoms with E-state index in [0.717, 1.165) is 0 Å². The third kappa shape index (κ3) is 2.68. The fraction of sp³-hybridized carbons (Fsp3) is 0.364. The Labute approximate surface area is 92.0 Å². The number of rotatable bonds is 4. The van der Waals surface area contributed by atoms with Crippen LogP contribution in [-0.2, 0) is 16.0 Å². The van der Waals surface area contributed by atoms with Gasteiger partial charge >= 0.3 is 5.97 Å². The lowest BCUT2D eigenvalue weighted by Gasteiger charge is -2.07. The Kier molecular flexibility index (Phi) is 4.22. The van der Waals surface area contributed by atoms with Crippen molar-refractivity contribution in [3.63, 3.8) is 0 Å². The predicted molar refractivity (Wildman–Crippen MR) is 53.2 cm³/mol. The van der Waals surface area contributed by atoms with Crippen molar-refractivity contribution in [2.24, 2.45) is 0 Å². The molecule has 0 aliphatic carbocycles. The summed E-state index contributed by atoms with van der Waals surface area (Å²) in [6.07, 6.45) is -0.291. The second-order valence-electron chi connectivity index (χ2n) is 3.04. The van der Waals surface area contributed by atoms with Gasteiger partial charge in [-0.3, -0.25) is 4.79 Å². The summed E-state index contributed by atoms with van der Waals surface area (Å²) in [4.78, 5) is 11.1. The van der Waals surface area contributed by atoms with E-state index in [1.165, 1.54) is 19.2 Å². The number of hydrogen-bond donors (Lipinski definition) is 0. The SMILES string of the molecule is CCOC(=O)Cc1ccc(OC)c(F)c1F. The molecule has 0 amide bonds. The lowest BCUT2D eigenvalue weighted by molar-refractivity contribution is -0.142. The molecule has 0 heterocycles. The van der Waals surface area contributed by atoms with E-state index in [4.69, 9.17) is 0 Å². The molecule has 5 heteroatoms. The molecule has 88 valence electrons. The van der Waals surface area contributed by atoms with Gasteiger partial charge in [-0.2, -0.15) is 4.39 Å². The van der Waals surface area contributed by atoms with E-state index in [1.54, 1.807) is 6.92 Å². The van der Waals surface area contributed by atoms with E-state index in [0.29, 0.717) is 0 Å². The van der Waals surface area contributed by atoms with Crippen molar-refractivity contribution in [2.75, 3.05) is 13.7 Å². The highest BCUT2D eigenvalue weighted by molar-refractivity contribution is 5.72. The van der Waals surface area contributed by atoms with E-state index in [9.17, 15) is 13.6 Å². The molecule has 0 radical (unpaired) electrons. The molecule has 0 saturated carbocycles. The predicted octanol–water partition coefficient (Wildman–Crippen LogP) is 2.08. The molecule has 0 N–H and O–H groups in total. The molecule has 0 fully saturated rings. The first kappa shape index (κ1) is 12.4. The lowest BCUT2D eigenvalue weighted by Crippen LogP contribution is -2.09. The highest BCUT2D eigenvalue weighted by atomic mass is 19.2. The van der Waals surface area contributed by atoms with Crippen LogP contribution >= 0.6 is 0 Å². The van der Waals surface area contributed by atoms with E-state index >= 15 is 0 Å². The van der Waals surface area contributed by atoms with E-state index in [1.807, 2.05) is 0 Å². The van der Waals surface area contributed by atoms with Crippen LogP contribution in [-0.4, -0.2) is 19.7 Å². The van der Waals surface area contributed by atoms with Gasteiger partial charge in [0.25, 0.3) is 0 Å². The van der Waals surface area contributed by atoms with Crippen LogP contribution in [0, 0.1) is 11.6 Å². The molecule has 0 bridgehead atoms. The second kappa shape index (κ2) is 5.44. The van der Waals surface area contributed by atoms with Gasteiger partial charge in [-0.05, 0) is 13.0 Å². The van der Waals surface area contributed by atoms with Crippen molar-refractivity contribution in [3.05, 3.63) is 29.3 Å². The van der Waals surface area contributed by atoms with Gasteiger partial charge in [0.2, 0.25) is 5.82 Å². The molecule has 0 saturated heterocycles. The zero-order valence-corrected chi connectivity index (χ0v) is 9.05. The summed E-state index contributed by atoms with van der Waals surface area (Å²) in [5, 5.41) is 0. The van der Waals surface area contributed by atoms with Crippen LogP contribution in [0.5, 0.6) is 5.75 Å². The fourth-order valence-corrected chi connectivity index (χ4v) is 1.23. The minimum absolute atomic E-state index is 0.0447. The number of carbonyl (C=O) groups is 1. The molecule has 0 aliphatic heterocycles. The Bertz CT molecular complexity index is 391. The molecule has 1 aromatic carbocycles. The van der Waals surface area contributed by atoms with Crippen LogP contribution in [0.4, 0.5) is 8.78 Å². The Morgan fingerprint density at radius 1 is 1.31 bits per heavy atom. The van der Waals surface area contributed by atoms with Crippen molar-refractivity contribution >= 4 is 5.97 Å². The molecule has 1 aromatic rings. The van der Waals surface area contributed by atoms with E-state index in [2.05, 4.69) is 9.47 Å². The molecule has 16 heavy (non-hydrogen) atoms. The van der Waals surface area contributed by atoms with Crippen molar-refractivity contribution in [1.29, 1.82) is 0 Å². The van der Waals surface area contributed by atoms with Crippen LogP contribution in [0.3, 0.4) is 0 Å². The van der Waals surface area contributed by atoms with E-state index < -0.39 is 17.6 Å². The molecule has 0 atom stereocenters. The van der Waals surface area contributed by atoms with Crippen molar-refractivity contribution in [2.45, 2.75) is 13.3 Å². The maximum Gasteiger partial charge on any atom is 0.310 e. The summed E-state index contributed by atoms with van der Waals surface area (Å²) >= 11 is 0. The summed E-state index contributed by atoms with van der Waals surface area (Å²) in [5.41, 5.74) is -0.0447. The summed E-state index contributed by atoms with van der Waals surface area (Å²) in [6.45, 7) is 1.85. The first-order valence-corrected chi connectivity index (χ1v) is 4.76. The van der Waals surface area contributed by atoms with Gasteiger partial charge in [-0.15, -0.1) is 0 Å². The molecular weight excluding hydrogens is 218 g/mol. The summed E-state index contributed by atoms with van der Waals surface area (Å²) in [6, 6.07) is 2.57. The maximum absolute atomic E-state index is 13.4. The van der Waals surface area contributed by atoms with Crippen LogP contribution < -0.4 is 4.74 Å². The Morgan fingerprint density at radius 2 is 2.00 bits per heavy atom. The molecule has 3 nitrogen and oxygen atoms in total. The molecular formula is C11H12F2O3. The maximum atomic E-state index is 13.4. The monoisotopic (exact) mass is 230 g/mol. The van der Waals surface area contributed by atoms with Crippen molar-refractivity contribution < 1.29 is 23.0 Å². The van der Waals surface area contributed by atoms with Gasteiger partial charge in [-0.25, -0.2) is 4.39 Å². The number of halogens is 2. The number of hydrogen-bond acceptors (Lipinski definition) is 3. The van der Waals surface area contributed by atoms with Crippen LogP contribution in [0.1, 0.15) is 12.5 Å². The smallest absolute Gasteiger partial charge is 0.310 e. The third-order valence-corrected chi connectivity index (χ3v) is 1.99. The topological polar surface area (TPSA) is 35.5 Å². The summed E-state index contributed by atoms with van der Waals surface area (Å²) in [5.74, 6) is -2.95. The summed E-state index contributed by atoms with van der Waals surface area (Å²) in [7, 11) is 1.24. The number of ether oxygens (including phenoxy) is 2. The minimum atomic E-state index is -1.09. The zero-order chi connectivity index (χ0) is 12.1. The molecule has 0 spiro atoms. The van der Waals surface area contributed by atoms with Gasteiger partial charge in [0.05, 0.1) is 20.1 Å². The third-order valence-electron chi connectivity index (χ3n) is 1.99. The molecule has 1 rings (SSSR count). The number of benzene rings is 1. The average Bonchev–Trinajstić information content (AvgIpc) is 2.25. The van der Waals surface area contributed by atoms with Gasteiger partial charge in [0.1, 0.15) is 0 Å². The van der Waals surface area contributed by atoms with Crippen LogP contribution in [0.2, 0.25) is 0 Å². The Balaban J connectivity index is 2.90. The molecule has 0 unspecified atom stereocenters. The van der Waals surface area contributed by atoms with Crippen LogP contribution in [0.15, 0.2) is 12.1 Å². The molecule has 0 aliphatic rings. The quantitative estimate of drug-likeness (QED) is 0.743. The zero-order valence-electron chi connectivity index (χ0n) is 9.05. The Morgan fingerprint density at radius 3 is 2.56 bits per heavy atom. The normalized spacial score (nSPS) is 10.0. The second-order valence-corrected chi connectivity index (χ2v) is 3.04. The first-order valence-electron chi connectivity index (χ1n) is 4.76. The Hall–Kier alpha value is -1.65. The number of methoxy groups -OCH3 is 1. The highest BCUT2D eigenvalue weighted by Gasteiger charge is 2.16. The standard InChI is InChI=1S/C11H12F2O3/c1-3-16-9(14)6-7-4-5-8(15-2)11(13)10(7)12/h4-5H,3,6H2,1-2H3. The highest BCUT2D eigenvalue weighted by Crippen LogP contribution is 2.22. The minimum Gasteiger partial charge on any atom is -0.494 e. The fourth-order valence-electron chi connectivity index (χ4n) is 1.23. The van der Waals surface area contributed by atoms with Gasteiger partial charge in [0.15, 0.2) is 11.6 Å². The summed E-state index contributed by atoms with van der Waals surface area (Å²) < 4.78 is 35.9.